The van der Waals surface area contributed by atoms with E-state index in [-0.39, 0.29) is 5.41 Å². The Hall–Kier alpha value is -1.29. The van der Waals surface area contributed by atoms with Gasteiger partial charge in [0.25, 0.3) is 0 Å². The highest BCUT2D eigenvalue weighted by atomic mass is 16.5. The summed E-state index contributed by atoms with van der Waals surface area (Å²) < 4.78 is 11.4. The fourth-order valence-corrected chi connectivity index (χ4v) is 3.54. The first-order valence-corrected chi connectivity index (χ1v) is 7.10. The van der Waals surface area contributed by atoms with Crippen molar-refractivity contribution in [2.24, 2.45) is 11.3 Å². The second kappa shape index (κ2) is 4.67. The van der Waals surface area contributed by atoms with Crippen LogP contribution in [0.1, 0.15) is 27.2 Å². The fourth-order valence-electron chi connectivity index (χ4n) is 3.54. The van der Waals surface area contributed by atoms with Crippen LogP contribution in [0.3, 0.4) is 0 Å². The minimum Gasteiger partial charge on any atom is -0.476 e. The summed E-state index contributed by atoms with van der Waals surface area (Å²) >= 11 is 0. The maximum Gasteiger partial charge on any atom is 0.237 e. The van der Waals surface area contributed by atoms with Crippen molar-refractivity contribution < 1.29 is 9.47 Å². The Morgan fingerprint density at radius 3 is 3.16 bits per heavy atom. The molecular formula is C15H22N2O2. The zero-order chi connectivity index (χ0) is 13.5. The third-order valence-electron chi connectivity index (χ3n) is 4.46. The van der Waals surface area contributed by atoms with Crippen LogP contribution in [0.25, 0.3) is 0 Å². The van der Waals surface area contributed by atoms with Gasteiger partial charge in [-0.25, -0.2) is 4.98 Å². The first-order chi connectivity index (χ1) is 9.14. The van der Waals surface area contributed by atoms with E-state index in [1.807, 2.05) is 19.1 Å². The molecule has 2 fully saturated rings. The Morgan fingerprint density at radius 2 is 2.37 bits per heavy atom. The van der Waals surface area contributed by atoms with Gasteiger partial charge in [0.05, 0.1) is 18.4 Å². The lowest BCUT2D eigenvalue weighted by atomic mass is 9.57. The van der Waals surface area contributed by atoms with Crippen LogP contribution in [0.4, 0.5) is 5.69 Å². The highest BCUT2D eigenvalue weighted by Gasteiger charge is 2.59. The standard InChI is InChI=1S/C15H22N2O2/c1-4-18-14-11(6-5-8-16-14)17-12-10-7-9-19-13(10)15(12,2)3/h5-6,8,10,12-13,17H,4,7,9H2,1-3H3. The van der Waals surface area contributed by atoms with E-state index in [1.54, 1.807) is 6.20 Å². The van der Waals surface area contributed by atoms with Crippen molar-refractivity contribution in [1.29, 1.82) is 0 Å². The van der Waals surface area contributed by atoms with Crippen LogP contribution in [0.2, 0.25) is 0 Å². The molecule has 0 aromatic carbocycles. The van der Waals surface area contributed by atoms with Gasteiger partial charge >= 0.3 is 0 Å². The average Bonchev–Trinajstić information content (AvgIpc) is 2.85. The minimum atomic E-state index is 0.167. The molecule has 3 unspecified atom stereocenters. The normalized spacial score (nSPS) is 31.4. The van der Waals surface area contributed by atoms with E-state index in [1.165, 1.54) is 0 Å². The van der Waals surface area contributed by atoms with Gasteiger partial charge in [0.15, 0.2) is 0 Å². The van der Waals surface area contributed by atoms with E-state index in [2.05, 4.69) is 24.1 Å². The number of fused-ring (bicyclic) bond motifs is 1. The summed E-state index contributed by atoms with van der Waals surface area (Å²) in [5.41, 5.74) is 1.16. The van der Waals surface area contributed by atoms with Gasteiger partial charge in [-0.15, -0.1) is 0 Å². The molecule has 1 saturated heterocycles. The van der Waals surface area contributed by atoms with Crippen molar-refractivity contribution in [3.05, 3.63) is 18.3 Å². The van der Waals surface area contributed by atoms with Crippen molar-refractivity contribution in [2.75, 3.05) is 18.5 Å². The first-order valence-electron chi connectivity index (χ1n) is 7.10. The Morgan fingerprint density at radius 1 is 1.53 bits per heavy atom. The van der Waals surface area contributed by atoms with Crippen molar-refractivity contribution in [1.82, 2.24) is 4.98 Å². The lowest BCUT2D eigenvalue weighted by Gasteiger charge is -2.55. The van der Waals surface area contributed by atoms with Gasteiger partial charge in [0.2, 0.25) is 5.88 Å². The molecule has 1 aliphatic carbocycles. The highest BCUT2D eigenvalue weighted by Crippen LogP contribution is 2.53. The molecule has 2 aliphatic rings. The molecule has 2 heterocycles. The van der Waals surface area contributed by atoms with Crippen LogP contribution >= 0.6 is 0 Å². The third-order valence-corrected chi connectivity index (χ3v) is 4.46. The number of anilines is 1. The number of rotatable bonds is 4. The fraction of sp³-hybridized carbons (Fsp3) is 0.667. The molecule has 1 aromatic heterocycles. The van der Waals surface area contributed by atoms with E-state index < -0.39 is 0 Å². The monoisotopic (exact) mass is 262 g/mol. The number of pyridine rings is 1. The maximum atomic E-state index is 5.83. The molecular weight excluding hydrogens is 240 g/mol. The van der Waals surface area contributed by atoms with E-state index in [0.29, 0.717) is 30.6 Å². The van der Waals surface area contributed by atoms with Crippen LogP contribution in [0, 0.1) is 11.3 Å². The summed E-state index contributed by atoms with van der Waals surface area (Å²) in [6.45, 7) is 8.05. The van der Waals surface area contributed by atoms with E-state index >= 15 is 0 Å². The lowest BCUT2D eigenvalue weighted by molar-refractivity contribution is -0.0923. The number of aromatic nitrogens is 1. The van der Waals surface area contributed by atoms with Crippen molar-refractivity contribution in [3.8, 4) is 5.88 Å². The number of hydrogen-bond acceptors (Lipinski definition) is 4. The largest absolute Gasteiger partial charge is 0.476 e. The molecule has 19 heavy (non-hydrogen) atoms. The summed E-state index contributed by atoms with van der Waals surface area (Å²) in [5, 5.41) is 3.63. The van der Waals surface area contributed by atoms with Gasteiger partial charge in [-0.05, 0) is 25.5 Å². The maximum absolute atomic E-state index is 5.83. The van der Waals surface area contributed by atoms with Crippen molar-refractivity contribution in [3.63, 3.8) is 0 Å². The summed E-state index contributed by atoms with van der Waals surface area (Å²) in [6.07, 6.45) is 3.32. The van der Waals surface area contributed by atoms with E-state index in [0.717, 1.165) is 18.7 Å². The van der Waals surface area contributed by atoms with E-state index in [4.69, 9.17) is 9.47 Å². The van der Waals surface area contributed by atoms with Gasteiger partial charge in [0, 0.05) is 30.2 Å². The van der Waals surface area contributed by atoms with E-state index in [9.17, 15) is 0 Å². The van der Waals surface area contributed by atoms with Crippen LogP contribution in [0.15, 0.2) is 18.3 Å². The quantitative estimate of drug-likeness (QED) is 0.906. The molecule has 3 atom stereocenters. The Labute approximate surface area is 114 Å². The van der Waals surface area contributed by atoms with Gasteiger partial charge < -0.3 is 14.8 Å². The van der Waals surface area contributed by atoms with Crippen LogP contribution < -0.4 is 10.1 Å². The summed E-state index contributed by atoms with van der Waals surface area (Å²) in [5.74, 6) is 1.31. The molecule has 0 bridgehead atoms. The molecule has 1 N–H and O–H groups in total. The van der Waals surface area contributed by atoms with Crippen LogP contribution in [-0.4, -0.2) is 30.3 Å². The molecule has 0 spiro atoms. The highest BCUT2D eigenvalue weighted by molar-refractivity contribution is 5.54. The molecule has 3 rings (SSSR count). The smallest absolute Gasteiger partial charge is 0.237 e. The molecule has 4 nitrogen and oxygen atoms in total. The van der Waals surface area contributed by atoms with Crippen molar-refractivity contribution >= 4 is 5.69 Å². The molecule has 0 amide bonds. The Balaban J connectivity index is 1.78. The number of hydrogen-bond donors (Lipinski definition) is 1. The Bertz CT molecular complexity index is 461. The van der Waals surface area contributed by atoms with Gasteiger partial charge in [-0.3, -0.25) is 0 Å². The number of ether oxygens (including phenoxy) is 2. The molecule has 1 saturated carbocycles. The minimum absolute atomic E-state index is 0.167. The molecule has 4 heteroatoms. The molecule has 1 aliphatic heterocycles. The second-order valence-corrected chi connectivity index (χ2v) is 5.98. The first kappa shape index (κ1) is 12.7. The topological polar surface area (TPSA) is 43.4 Å². The number of nitrogens with zero attached hydrogens (tertiary/aromatic N) is 1. The van der Waals surface area contributed by atoms with Gasteiger partial charge in [0.1, 0.15) is 0 Å². The molecule has 0 radical (unpaired) electrons. The molecule has 104 valence electrons. The van der Waals surface area contributed by atoms with Gasteiger partial charge in [-0.2, -0.15) is 0 Å². The summed E-state index contributed by atoms with van der Waals surface area (Å²) in [4.78, 5) is 4.30. The van der Waals surface area contributed by atoms with Crippen molar-refractivity contribution in [2.45, 2.75) is 39.3 Å². The predicted molar refractivity (Wildman–Crippen MR) is 74.4 cm³/mol. The Kier molecular flexibility index (Phi) is 3.13. The molecule has 1 aromatic rings. The van der Waals surface area contributed by atoms with Crippen LogP contribution in [0.5, 0.6) is 5.88 Å². The average molecular weight is 262 g/mol. The SMILES string of the molecule is CCOc1ncccc1NC1C2CCOC2C1(C)C. The lowest BCUT2D eigenvalue weighted by Crippen LogP contribution is -2.63. The van der Waals surface area contributed by atoms with Gasteiger partial charge in [-0.1, -0.05) is 13.8 Å². The number of nitrogens with one attached hydrogen (secondary N) is 1. The summed E-state index contributed by atoms with van der Waals surface area (Å²) in [6, 6.07) is 4.42. The predicted octanol–water partition coefficient (Wildman–Crippen LogP) is 2.71. The second-order valence-electron chi connectivity index (χ2n) is 5.98. The summed E-state index contributed by atoms with van der Waals surface area (Å²) in [7, 11) is 0. The zero-order valence-corrected chi connectivity index (χ0v) is 11.8. The third kappa shape index (κ3) is 1.98. The van der Waals surface area contributed by atoms with Crippen LogP contribution in [-0.2, 0) is 4.74 Å². The zero-order valence-electron chi connectivity index (χ0n) is 11.8.